The van der Waals surface area contributed by atoms with Gasteiger partial charge in [0.2, 0.25) is 5.91 Å². The van der Waals surface area contributed by atoms with Gasteiger partial charge in [-0.15, -0.1) is 6.58 Å². The van der Waals surface area contributed by atoms with Crippen LogP contribution in [-0.4, -0.2) is 24.9 Å². The van der Waals surface area contributed by atoms with E-state index in [1.807, 2.05) is 17.0 Å². The molecule has 0 spiro atoms. The quantitative estimate of drug-likeness (QED) is 0.805. The average Bonchev–Trinajstić information content (AvgIpc) is 2.92. The van der Waals surface area contributed by atoms with E-state index < -0.39 is 0 Å². The molecule has 1 N–H and O–H groups in total. The van der Waals surface area contributed by atoms with Gasteiger partial charge in [0.1, 0.15) is 0 Å². The lowest BCUT2D eigenvalue weighted by Gasteiger charge is -2.10. The van der Waals surface area contributed by atoms with Gasteiger partial charge in [0.25, 0.3) is 5.91 Å². The maximum Gasteiger partial charge on any atom is 0.251 e. The third kappa shape index (κ3) is 1.53. The van der Waals surface area contributed by atoms with Crippen molar-refractivity contribution in [3.63, 3.8) is 0 Å². The number of carbonyl (C=O) groups is 2. The molecule has 0 aliphatic carbocycles. The predicted molar refractivity (Wildman–Crippen MR) is 68.7 cm³/mol. The number of nitrogens with one attached hydrogen (secondary N) is 1. The molecular formula is C14H14N2O2. The van der Waals surface area contributed by atoms with Crippen molar-refractivity contribution in [2.75, 3.05) is 18.0 Å². The van der Waals surface area contributed by atoms with E-state index in [1.165, 1.54) is 0 Å². The molecule has 4 heteroatoms. The van der Waals surface area contributed by atoms with Gasteiger partial charge in [-0.25, -0.2) is 0 Å². The normalized spacial score (nSPS) is 15.8. The van der Waals surface area contributed by atoms with Crippen LogP contribution in [0.25, 0.3) is 0 Å². The van der Waals surface area contributed by atoms with Crippen molar-refractivity contribution in [1.82, 2.24) is 5.32 Å². The Morgan fingerprint density at radius 2 is 2.22 bits per heavy atom. The first-order chi connectivity index (χ1) is 8.70. The molecule has 2 amide bonds. The molecule has 2 aliphatic heterocycles. The summed E-state index contributed by atoms with van der Waals surface area (Å²) in [6.45, 7) is 4.77. The maximum atomic E-state index is 11.9. The summed E-state index contributed by atoms with van der Waals surface area (Å²) in [5, 5.41) is 2.76. The van der Waals surface area contributed by atoms with Crippen LogP contribution in [0.1, 0.15) is 21.5 Å². The monoisotopic (exact) mass is 242 g/mol. The van der Waals surface area contributed by atoms with Crippen LogP contribution < -0.4 is 10.2 Å². The molecule has 0 unspecified atom stereocenters. The minimum atomic E-state index is -0.105. The Kier molecular flexibility index (Phi) is 2.44. The Morgan fingerprint density at radius 3 is 3.00 bits per heavy atom. The number of rotatable bonds is 3. The fourth-order valence-electron chi connectivity index (χ4n) is 2.68. The number of nitrogens with zero attached hydrogens (tertiary/aromatic N) is 1. The maximum absolute atomic E-state index is 11.9. The minimum Gasteiger partial charge on any atom is -0.349 e. The first-order valence-corrected chi connectivity index (χ1v) is 6.06. The first kappa shape index (κ1) is 11.0. The van der Waals surface area contributed by atoms with Crippen LogP contribution in [0.5, 0.6) is 0 Å². The summed E-state index contributed by atoms with van der Waals surface area (Å²) in [4.78, 5) is 25.5. The summed E-state index contributed by atoms with van der Waals surface area (Å²) in [6, 6.07) is 3.73. The number of anilines is 1. The van der Waals surface area contributed by atoms with Crippen LogP contribution in [-0.2, 0) is 17.6 Å². The summed E-state index contributed by atoms with van der Waals surface area (Å²) >= 11 is 0. The Bertz CT molecular complexity index is 563. The zero-order valence-electron chi connectivity index (χ0n) is 10.0. The lowest BCUT2D eigenvalue weighted by Crippen LogP contribution is -2.24. The Hall–Kier alpha value is -2.10. The average molecular weight is 242 g/mol. The molecule has 2 aliphatic rings. The highest BCUT2D eigenvalue weighted by atomic mass is 16.2. The molecule has 18 heavy (non-hydrogen) atoms. The SMILES string of the molecule is C=CCNC(=O)c1cc2c3c(c1)CC(=O)N3CC2. The van der Waals surface area contributed by atoms with Crippen molar-refractivity contribution in [1.29, 1.82) is 0 Å². The first-order valence-electron chi connectivity index (χ1n) is 6.06. The summed E-state index contributed by atoms with van der Waals surface area (Å²) in [5.41, 5.74) is 3.78. The second-order valence-electron chi connectivity index (χ2n) is 4.61. The number of hydrogen-bond acceptors (Lipinski definition) is 2. The molecule has 1 aromatic carbocycles. The van der Waals surface area contributed by atoms with Crippen molar-refractivity contribution in [3.05, 3.63) is 41.5 Å². The van der Waals surface area contributed by atoms with E-state index in [0.29, 0.717) is 18.5 Å². The molecule has 0 radical (unpaired) electrons. The van der Waals surface area contributed by atoms with Gasteiger partial charge in [0.15, 0.2) is 0 Å². The molecule has 92 valence electrons. The molecule has 1 aromatic rings. The number of benzene rings is 1. The highest BCUT2D eigenvalue weighted by Crippen LogP contribution is 2.38. The van der Waals surface area contributed by atoms with Gasteiger partial charge < -0.3 is 10.2 Å². The molecule has 0 saturated carbocycles. The molecule has 0 bridgehead atoms. The van der Waals surface area contributed by atoms with Crippen molar-refractivity contribution in [2.24, 2.45) is 0 Å². The third-order valence-corrected chi connectivity index (χ3v) is 3.45. The smallest absolute Gasteiger partial charge is 0.251 e. The van der Waals surface area contributed by atoms with E-state index in [-0.39, 0.29) is 11.8 Å². The Morgan fingerprint density at radius 1 is 1.44 bits per heavy atom. The van der Waals surface area contributed by atoms with Crippen LogP contribution >= 0.6 is 0 Å². The van der Waals surface area contributed by atoms with Gasteiger partial charge >= 0.3 is 0 Å². The summed E-state index contributed by atoms with van der Waals surface area (Å²) in [5.74, 6) is 0.0409. The number of carbonyl (C=O) groups excluding carboxylic acids is 2. The topological polar surface area (TPSA) is 49.4 Å². The molecule has 0 saturated heterocycles. The van der Waals surface area contributed by atoms with Crippen molar-refractivity contribution < 1.29 is 9.59 Å². The van der Waals surface area contributed by atoms with Crippen LogP contribution in [0.3, 0.4) is 0 Å². The molecule has 3 rings (SSSR count). The second kappa shape index (κ2) is 3.98. The van der Waals surface area contributed by atoms with E-state index in [9.17, 15) is 9.59 Å². The van der Waals surface area contributed by atoms with Gasteiger partial charge in [-0.05, 0) is 29.7 Å². The van der Waals surface area contributed by atoms with E-state index in [1.54, 1.807) is 6.08 Å². The largest absolute Gasteiger partial charge is 0.349 e. The zero-order chi connectivity index (χ0) is 12.7. The number of hydrogen-bond donors (Lipinski definition) is 1. The molecule has 2 heterocycles. The summed E-state index contributed by atoms with van der Waals surface area (Å²) < 4.78 is 0. The van der Waals surface area contributed by atoms with Crippen molar-refractivity contribution in [3.8, 4) is 0 Å². The fraction of sp³-hybridized carbons (Fsp3) is 0.286. The Labute approximate surface area is 105 Å². The van der Waals surface area contributed by atoms with Gasteiger partial charge in [-0.3, -0.25) is 9.59 Å². The van der Waals surface area contributed by atoms with E-state index >= 15 is 0 Å². The van der Waals surface area contributed by atoms with E-state index in [4.69, 9.17) is 0 Å². The van der Waals surface area contributed by atoms with Crippen molar-refractivity contribution in [2.45, 2.75) is 12.8 Å². The van der Waals surface area contributed by atoms with E-state index in [0.717, 1.165) is 29.8 Å². The lowest BCUT2D eigenvalue weighted by atomic mass is 10.0. The van der Waals surface area contributed by atoms with Crippen LogP contribution in [0.2, 0.25) is 0 Å². The van der Waals surface area contributed by atoms with Gasteiger partial charge in [0, 0.05) is 18.7 Å². The minimum absolute atomic E-state index is 0.105. The number of amides is 2. The highest BCUT2D eigenvalue weighted by Gasteiger charge is 2.34. The fourth-order valence-corrected chi connectivity index (χ4v) is 2.68. The third-order valence-electron chi connectivity index (χ3n) is 3.45. The van der Waals surface area contributed by atoms with Gasteiger partial charge in [0.05, 0.1) is 12.1 Å². The standard InChI is InChI=1S/C14H14N2O2/c1-2-4-15-14(18)11-6-9-3-5-16-12(17)8-10(7-11)13(9)16/h2,6-7H,1,3-5,8H2,(H,15,18). The van der Waals surface area contributed by atoms with Gasteiger partial charge in [-0.2, -0.15) is 0 Å². The zero-order valence-corrected chi connectivity index (χ0v) is 10.0. The lowest BCUT2D eigenvalue weighted by molar-refractivity contribution is -0.117. The van der Waals surface area contributed by atoms with Gasteiger partial charge in [-0.1, -0.05) is 6.08 Å². The Balaban J connectivity index is 1.97. The summed E-state index contributed by atoms with van der Waals surface area (Å²) in [6.07, 6.45) is 2.91. The molecule has 0 fully saturated rings. The predicted octanol–water partition coefficient (Wildman–Crippen LogP) is 1.05. The molecular weight excluding hydrogens is 228 g/mol. The van der Waals surface area contributed by atoms with Crippen LogP contribution in [0, 0.1) is 0 Å². The second-order valence-corrected chi connectivity index (χ2v) is 4.61. The molecule has 0 aromatic heterocycles. The van der Waals surface area contributed by atoms with Crippen molar-refractivity contribution >= 4 is 17.5 Å². The molecule has 4 nitrogen and oxygen atoms in total. The molecule has 0 atom stereocenters. The van der Waals surface area contributed by atoms with Crippen LogP contribution in [0.15, 0.2) is 24.8 Å². The highest BCUT2D eigenvalue weighted by molar-refractivity contribution is 6.05. The van der Waals surface area contributed by atoms with E-state index in [2.05, 4.69) is 11.9 Å². The summed E-state index contributed by atoms with van der Waals surface area (Å²) in [7, 11) is 0. The van der Waals surface area contributed by atoms with Crippen LogP contribution in [0.4, 0.5) is 5.69 Å².